The molecule has 6 heteroatoms. The van der Waals surface area contributed by atoms with Gasteiger partial charge in [-0.3, -0.25) is 4.79 Å². The zero-order valence-corrected chi connectivity index (χ0v) is 10.9. The Balaban J connectivity index is 2.83. The van der Waals surface area contributed by atoms with Gasteiger partial charge >= 0.3 is 0 Å². The molecule has 0 saturated carbocycles. The average molecular weight is 287 g/mol. The molecule has 0 saturated heterocycles. The second-order valence-electron chi connectivity index (χ2n) is 3.51. The van der Waals surface area contributed by atoms with Gasteiger partial charge in [-0.25, -0.2) is 9.97 Å². The van der Waals surface area contributed by atoms with Crippen LogP contribution in [0.2, 0.25) is 0 Å². The van der Waals surface area contributed by atoms with Crippen molar-refractivity contribution in [2.45, 2.75) is 32.7 Å². The SMILES string of the molecule is CCCc1nc(Br)cc(NC(C)C(N)=O)n1. The van der Waals surface area contributed by atoms with Gasteiger partial charge in [-0.05, 0) is 29.3 Å². The molecule has 5 nitrogen and oxygen atoms in total. The first-order chi connectivity index (χ1) is 7.52. The number of nitrogens with one attached hydrogen (secondary N) is 1. The van der Waals surface area contributed by atoms with Crippen LogP contribution >= 0.6 is 15.9 Å². The highest BCUT2D eigenvalue weighted by atomic mass is 79.9. The van der Waals surface area contributed by atoms with Gasteiger partial charge in [0, 0.05) is 12.5 Å². The summed E-state index contributed by atoms with van der Waals surface area (Å²) >= 11 is 3.30. The van der Waals surface area contributed by atoms with Crippen LogP contribution in [0.1, 0.15) is 26.1 Å². The number of halogens is 1. The van der Waals surface area contributed by atoms with Crippen molar-refractivity contribution in [3.05, 3.63) is 16.5 Å². The van der Waals surface area contributed by atoms with Crippen LogP contribution in [0.25, 0.3) is 0 Å². The van der Waals surface area contributed by atoms with E-state index in [1.54, 1.807) is 13.0 Å². The Kier molecular flexibility index (Phi) is 4.67. The lowest BCUT2D eigenvalue weighted by atomic mass is 10.3. The van der Waals surface area contributed by atoms with Crippen LogP contribution < -0.4 is 11.1 Å². The van der Waals surface area contributed by atoms with E-state index in [1.165, 1.54) is 0 Å². The van der Waals surface area contributed by atoms with Gasteiger partial charge in [0.15, 0.2) is 0 Å². The van der Waals surface area contributed by atoms with E-state index in [1.807, 2.05) is 0 Å². The molecule has 1 aromatic rings. The zero-order chi connectivity index (χ0) is 12.1. The van der Waals surface area contributed by atoms with Crippen molar-refractivity contribution in [3.63, 3.8) is 0 Å². The topological polar surface area (TPSA) is 80.9 Å². The number of nitrogens with two attached hydrogens (primary N) is 1. The number of aryl methyl sites for hydroxylation is 1. The van der Waals surface area contributed by atoms with Crippen LogP contribution in [-0.4, -0.2) is 21.9 Å². The molecule has 1 aromatic heterocycles. The van der Waals surface area contributed by atoms with E-state index in [-0.39, 0.29) is 0 Å². The van der Waals surface area contributed by atoms with Gasteiger partial charge in [0.1, 0.15) is 22.3 Å². The quantitative estimate of drug-likeness (QED) is 0.804. The molecule has 1 unspecified atom stereocenters. The van der Waals surface area contributed by atoms with Crippen LogP contribution in [0.4, 0.5) is 5.82 Å². The van der Waals surface area contributed by atoms with Crippen LogP contribution in [0.15, 0.2) is 10.7 Å². The molecule has 1 amide bonds. The number of anilines is 1. The zero-order valence-electron chi connectivity index (χ0n) is 9.33. The van der Waals surface area contributed by atoms with Crippen LogP contribution in [0.5, 0.6) is 0 Å². The van der Waals surface area contributed by atoms with Crippen LogP contribution in [-0.2, 0) is 11.2 Å². The first-order valence-corrected chi connectivity index (χ1v) is 5.91. The third-order valence-corrected chi connectivity index (χ3v) is 2.41. The fourth-order valence-corrected chi connectivity index (χ4v) is 1.59. The van der Waals surface area contributed by atoms with Gasteiger partial charge in [0.25, 0.3) is 0 Å². The van der Waals surface area contributed by atoms with Gasteiger partial charge in [0.05, 0.1) is 0 Å². The molecule has 0 aliphatic heterocycles. The summed E-state index contributed by atoms with van der Waals surface area (Å²) in [5.41, 5.74) is 5.16. The van der Waals surface area contributed by atoms with E-state index < -0.39 is 11.9 Å². The molecule has 1 heterocycles. The summed E-state index contributed by atoms with van der Waals surface area (Å²) in [7, 11) is 0. The molecule has 0 bridgehead atoms. The van der Waals surface area contributed by atoms with Crippen molar-refractivity contribution >= 4 is 27.7 Å². The van der Waals surface area contributed by atoms with Gasteiger partial charge in [-0.1, -0.05) is 6.92 Å². The summed E-state index contributed by atoms with van der Waals surface area (Å²) in [6.07, 6.45) is 1.78. The minimum Gasteiger partial charge on any atom is -0.368 e. The molecular formula is C10H15BrN4O. The lowest BCUT2D eigenvalue weighted by Gasteiger charge is -2.11. The molecule has 1 atom stereocenters. The van der Waals surface area contributed by atoms with Crippen LogP contribution in [0, 0.1) is 0 Å². The Morgan fingerprint density at radius 1 is 1.62 bits per heavy atom. The average Bonchev–Trinajstić information content (AvgIpc) is 2.16. The molecular weight excluding hydrogens is 272 g/mol. The minimum atomic E-state index is -0.448. The number of hydrogen-bond acceptors (Lipinski definition) is 4. The number of amides is 1. The summed E-state index contributed by atoms with van der Waals surface area (Å²) in [5.74, 6) is 0.944. The van der Waals surface area contributed by atoms with E-state index in [9.17, 15) is 4.79 Å². The Bertz CT molecular complexity index is 383. The van der Waals surface area contributed by atoms with E-state index in [4.69, 9.17) is 5.73 Å². The molecule has 88 valence electrons. The Morgan fingerprint density at radius 2 is 2.31 bits per heavy atom. The number of rotatable bonds is 5. The number of carbonyl (C=O) groups is 1. The lowest BCUT2D eigenvalue weighted by Crippen LogP contribution is -2.32. The summed E-state index contributed by atoms with van der Waals surface area (Å²) in [4.78, 5) is 19.4. The molecule has 0 aromatic carbocycles. The normalized spacial score (nSPS) is 12.2. The summed E-state index contributed by atoms with van der Waals surface area (Å²) < 4.78 is 0.699. The molecule has 16 heavy (non-hydrogen) atoms. The van der Waals surface area contributed by atoms with Crippen molar-refractivity contribution in [2.24, 2.45) is 5.73 Å². The van der Waals surface area contributed by atoms with E-state index in [0.717, 1.165) is 18.7 Å². The maximum Gasteiger partial charge on any atom is 0.239 e. The number of carbonyl (C=O) groups excluding carboxylic acids is 1. The number of aromatic nitrogens is 2. The Labute approximate surface area is 103 Å². The van der Waals surface area contributed by atoms with Crippen molar-refractivity contribution < 1.29 is 4.79 Å². The molecule has 3 N–H and O–H groups in total. The van der Waals surface area contributed by atoms with Gasteiger partial charge in [-0.2, -0.15) is 0 Å². The summed E-state index contributed by atoms with van der Waals surface area (Å²) in [6.45, 7) is 3.75. The molecule has 0 aliphatic carbocycles. The summed E-state index contributed by atoms with van der Waals surface area (Å²) in [6, 6.07) is 1.27. The second kappa shape index (κ2) is 5.79. The Hall–Kier alpha value is -1.17. The summed E-state index contributed by atoms with van der Waals surface area (Å²) in [5, 5.41) is 2.93. The predicted molar refractivity (Wildman–Crippen MR) is 66.0 cm³/mol. The standard InChI is InChI=1S/C10H15BrN4O/c1-3-4-8-14-7(11)5-9(15-8)13-6(2)10(12)16/h5-6H,3-4H2,1-2H3,(H2,12,16)(H,13,14,15). The van der Waals surface area contributed by atoms with Crippen molar-refractivity contribution in [3.8, 4) is 0 Å². The lowest BCUT2D eigenvalue weighted by molar-refractivity contribution is -0.118. The molecule has 0 radical (unpaired) electrons. The molecule has 1 rings (SSSR count). The highest BCUT2D eigenvalue weighted by molar-refractivity contribution is 9.10. The third kappa shape index (κ3) is 3.77. The van der Waals surface area contributed by atoms with Gasteiger partial charge < -0.3 is 11.1 Å². The Morgan fingerprint density at radius 3 is 2.88 bits per heavy atom. The monoisotopic (exact) mass is 286 g/mol. The molecule has 0 spiro atoms. The van der Waals surface area contributed by atoms with E-state index in [2.05, 4.69) is 38.1 Å². The molecule has 0 aliphatic rings. The van der Waals surface area contributed by atoms with Crippen molar-refractivity contribution in [1.82, 2.24) is 9.97 Å². The van der Waals surface area contributed by atoms with E-state index >= 15 is 0 Å². The number of primary amides is 1. The maximum atomic E-state index is 10.9. The first-order valence-electron chi connectivity index (χ1n) is 5.12. The largest absolute Gasteiger partial charge is 0.368 e. The van der Waals surface area contributed by atoms with Crippen molar-refractivity contribution in [2.75, 3.05) is 5.32 Å². The number of hydrogen-bond donors (Lipinski definition) is 2. The molecule has 0 fully saturated rings. The first kappa shape index (κ1) is 12.9. The van der Waals surface area contributed by atoms with Crippen molar-refractivity contribution in [1.29, 1.82) is 0 Å². The fourth-order valence-electron chi connectivity index (χ4n) is 1.17. The predicted octanol–water partition coefficient (Wildman–Crippen LogP) is 1.48. The fraction of sp³-hybridized carbons (Fsp3) is 0.500. The highest BCUT2D eigenvalue weighted by Crippen LogP contribution is 2.14. The van der Waals surface area contributed by atoms with Gasteiger partial charge in [0.2, 0.25) is 5.91 Å². The maximum absolute atomic E-state index is 10.9. The number of nitrogens with zero attached hydrogens (tertiary/aromatic N) is 2. The smallest absolute Gasteiger partial charge is 0.239 e. The third-order valence-electron chi connectivity index (χ3n) is 2.01. The van der Waals surface area contributed by atoms with E-state index in [0.29, 0.717) is 10.4 Å². The minimum absolute atomic E-state index is 0.410. The van der Waals surface area contributed by atoms with Gasteiger partial charge in [-0.15, -0.1) is 0 Å². The van der Waals surface area contributed by atoms with Crippen LogP contribution in [0.3, 0.4) is 0 Å². The second-order valence-corrected chi connectivity index (χ2v) is 4.32. The highest BCUT2D eigenvalue weighted by Gasteiger charge is 2.10.